The van der Waals surface area contributed by atoms with Gasteiger partial charge in [-0.2, -0.15) is 0 Å². The highest BCUT2D eigenvalue weighted by Crippen LogP contribution is 2.28. The monoisotopic (exact) mass is 288 g/mol. The van der Waals surface area contributed by atoms with E-state index in [-0.39, 0.29) is 6.61 Å². The number of aliphatic hydroxyl groups is 1. The van der Waals surface area contributed by atoms with E-state index in [1.54, 1.807) is 0 Å². The van der Waals surface area contributed by atoms with Crippen LogP contribution >= 0.6 is 15.9 Å². The molecule has 90 valence electrons. The summed E-state index contributed by atoms with van der Waals surface area (Å²) in [5.41, 5.74) is 0.782. The molecule has 0 unspecified atom stereocenters. The van der Waals surface area contributed by atoms with Gasteiger partial charge in [0.25, 0.3) is 0 Å². The van der Waals surface area contributed by atoms with Gasteiger partial charge in [0.2, 0.25) is 0 Å². The minimum absolute atomic E-state index is 0.0232. The highest BCUT2D eigenvalue weighted by molar-refractivity contribution is 9.10. The number of aliphatic hydroxyl groups excluding tert-OH is 1. The van der Waals surface area contributed by atoms with E-state index in [0.717, 1.165) is 23.1 Å². The maximum Gasteiger partial charge on any atom is 0.139 e. The van der Waals surface area contributed by atoms with E-state index in [2.05, 4.69) is 22.9 Å². The quantitative estimate of drug-likeness (QED) is 0.784. The second kappa shape index (κ2) is 7.65. The molecule has 1 aromatic rings. The molecule has 0 aliphatic carbocycles. The molecule has 0 heterocycles. The smallest absolute Gasteiger partial charge is 0.139 e. The van der Waals surface area contributed by atoms with Crippen LogP contribution in [0, 0.1) is 0 Å². The van der Waals surface area contributed by atoms with Gasteiger partial charge in [-0.3, -0.25) is 0 Å². The van der Waals surface area contributed by atoms with Crippen LogP contribution in [0.3, 0.4) is 0 Å². The van der Waals surface area contributed by atoms with Gasteiger partial charge in [-0.05, 0) is 28.4 Å². The summed E-state index contributed by atoms with van der Waals surface area (Å²) in [6.07, 6.45) is 1.01. The van der Waals surface area contributed by atoms with Crippen molar-refractivity contribution in [1.29, 1.82) is 0 Å². The summed E-state index contributed by atoms with van der Waals surface area (Å²) >= 11 is 3.39. The van der Waals surface area contributed by atoms with Crippen molar-refractivity contribution in [2.24, 2.45) is 0 Å². The van der Waals surface area contributed by atoms with E-state index in [1.165, 1.54) is 0 Å². The van der Waals surface area contributed by atoms with Crippen LogP contribution in [-0.2, 0) is 11.3 Å². The first-order chi connectivity index (χ1) is 7.79. The van der Waals surface area contributed by atoms with Gasteiger partial charge in [0, 0.05) is 12.2 Å². The van der Waals surface area contributed by atoms with Gasteiger partial charge in [-0.15, -0.1) is 0 Å². The molecule has 0 spiro atoms. The Kier molecular flexibility index (Phi) is 6.45. The molecule has 1 rings (SSSR count). The fourth-order valence-electron chi connectivity index (χ4n) is 1.29. The number of hydrogen-bond acceptors (Lipinski definition) is 3. The standard InChI is InChI=1S/C12H17BrO3/c1-2-6-15-7-8-16-12-10(9-14)4-3-5-11(12)13/h3-5,14H,2,6-9H2,1H3. The summed E-state index contributed by atoms with van der Waals surface area (Å²) in [4.78, 5) is 0. The molecule has 4 heteroatoms. The molecule has 0 saturated heterocycles. The lowest BCUT2D eigenvalue weighted by atomic mass is 10.2. The van der Waals surface area contributed by atoms with Crippen molar-refractivity contribution in [1.82, 2.24) is 0 Å². The van der Waals surface area contributed by atoms with Crippen molar-refractivity contribution in [3.05, 3.63) is 28.2 Å². The lowest BCUT2D eigenvalue weighted by molar-refractivity contribution is 0.0994. The van der Waals surface area contributed by atoms with Crippen molar-refractivity contribution < 1.29 is 14.6 Å². The Morgan fingerprint density at radius 1 is 1.25 bits per heavy atom. The maximum atomic E-state index is 9.15. The van der Waals surface area contributed by atoms with Gasteiger partial charge in [-0.1, -0.05) is 19.1 Å². The zero-order valence-electron chi connectivity index (χ0n) is 9.41. The number of ether oxygens (including phenoxy) is 2. The fraction of sp³-hybridized carbons (Fsp3) is 0.500. The Balaban J connectivity index is 2.46. The molecular weight excluding hydrogens is 272 g/mol. The highest BCUT2D eigenvalue weighted by atomic mass is 79.9. The van der Waals surface area contributed by atoms with Crippen LogP contribution in [0.2, 0.25) is 0 Å². The molecule has 0 fully saturated rings. The van der Waals surface area contributed by atoms with Gasteiger partial charge in [0.15, 0.2) is 0 Å². The lowest BCUT2D eigenvalue weighted by Gasteiger charge is -2.11. The van der Waals surface area contributed by atoms with Crippen LogP contribution in [-0.4, -0.2) is 24.9 Å². The molecule has 0 amide bonds. The minimum Gasteiger partial charge on any atom is -0.490 e. The zero-order chi connectivity index (χ0) is 11.8. The van der Waals surface area contributed by atoms with E-state index < -0.39 is 0 Å². The van der Waals surface area contributed by atoms with Crippen LogP contribution in [0.5, 0.6) is 5.75 Å². The normalized spacial score (nSPS) is 10.4. The van der Waals surface area contributed by atoms with E-state index in [1.807, 2.05) is 18.2 Å². The van der Waals surface area contributed by atoms with Crippen LogP contribution in [0.25, 0.3) is 0 Å². The van der Waals surface area contributed by atoms with E-state index in [0.29, 0.717) is 19.0 Å². The van der Waals surface area contributed by atoms with Gasteiger partial charge >= 0.3 is 0 Å². The Hall–Kier alpha value is -0.580. The third-order valence-electron chi connectivity index (χ3n) is 2.04. The second-order valence-electron chi connectivity index (χ2n) is 3.35. The molecule has 0 aliphatic rings. The zero-order valence-corrected chi connectivity index (χ0v) is 11.0. The second-order valence-corrected chi connectivity index (χ2v) is 4.20. The van der Waals surface area contributed by atoms with Gasteiger partial charge < -0.3 is 14.6 Å². The summed E-state index contributed by atoms with van der Waals surface area (Å²) < 4.78 is 11.7. The Bertz CT molecular complexity index is 315. The first kappa shape index (κ1) is 13.5. The summed E-state index contributed by atoms with van der Waals surface area (Å²) in [6.45, 7) is 3.87. The molecule has 0 aromatic heterocycles. The highest BCUT2D eigenvalue weighted by Gasteiger charge is 2.06. The number of hydrogen-bond donors (Lipinski definition) is 1. The summed E-state index contributed by atoms with van der Waals surface area (Å²) in [6, 6.07) is 5.60. The molecule has 0 radical (unpaired) electrons. The van der Waals surface area contributed by atoms with Crippen molar-refractivity contribution in [3.63, 3.8) is 0 Å². The third-order valence-corrected chi connectivity index (χ3v) is 2.67. The largest absolute Gasteiger partial charge is 0.490 e. The van der Waals surface area contributed by atoms with Crippen molar-refractivity contribution in [2.45, 2.75) is 20.0 Å². The van der Waals surface area contributed by atoms with E-state index in [4.69, 9.17) is 14.6 Å². The van der Waals surface area contributed by atoms with E-state index >= 15 is 0 Å². The molecule has 0 saturated carbocycles. The number of halogens is 1. The molecule has 16 heavy (non-hydrogen) atoms. The Labute approximate surface area is 105 Å². The third kappa shape index (κ3) is 4.12. The Morgan fingerprint density at radius 2 is 2.06 bits per heavy atom. The molecular formula is C12H17BrO3. The molecule has 0 bridgehead atoms. The predicted molar refractivity (Wildman–Crippen MR) is 66.7 cm³/mol. The average molecular weight is 289 g/mol. The average Bonchev–Trinajstić information content (AvgIpc) is 2.30. The molecule has 1 aromatic carbocycles. The first-order valence-electron chi connectivity index (χ1n) is 5.38. The molecule has 3 nitrogen and oxygen atoms in total. The molecule has 0 atom stereocenters. The number of rotatable bonds is 7. The topological polar surface area (TPSA) is 38.7 Å². The minimum atomic E-state index is -0.0232. The summed E-state index contributed by atoms with van der Waals surface area (Å²) in [5.74, 6) is 0.699. The van der Waals surface area contributed by atoms with Crippen LogP contribution in [0.4, 0.5) is 0 Å². The summed E-state index contributed by atoms with van der Waals surface area (Å²) in [7, 11) is 0. The lowest BCUT2D eigenvalue weighted by Crippen LogP contribution is -2.08. The molecule has 1 N–H and O–H groups in total. The van der Waals surface area contributed by atoms with Crippen molar-refractivity contribution >= 4 is 15.9 Å². The van der Waals surface area contributed by atoms with Gasteiger partial charge in [0.1, 0.15) is 12.4 Å². The Morgan fingerprint density at radius 3 is 2.75 bits per heavy atom. The van der Waals surface area contributed by atoms with Gasteiger partial charge in [-0.25, -0.2) is 0 Å². The summed E-state index contributed by atoms with van der Waals surface area (Å²) in [5, 5.41) is 9.15. The predicted octanol–water partition coefficient (Wildman–Crippen LogP) is 2.75. The first-order valence-corrected chi connectivity index (χ1v) is 6.17. The molecule has 0 aliphatic heterocycles. The van der Waals surface area contributed by atoms with E-state index in [9.17, 15) is 0 Å². The van der Waals surface area contributed by atoms with Crippen molar-refractivity contribution in [2.75, 3.05) is 19.8 Å². The van der Waals surface area contributed by atoms with Crippen LogP contribution in [0.1, 0.15) is 18.9 Å². The van der Waals surface area contributed by atoms with Gasteiger partial charge in [0.05, 0.1) is 17.7 Å². The van der Waals surface area contributed by atoms with Crippen LogP contribution in [0.15, 0.2) is 22.7 Å². The SMILES string of the molecule is CCCOCCOc1c(Br)cccc1CO. The van der Waals surface area contributed by atoms with Crippen LogP contribution < -0.4 is 4.74 Å². The number of para-hydroxylation sites is 1. The maximum absolute atomic E-state index is 9.15. The fourth-order valence-corrected chi connectivity index (χ4v) is 1.81. The van der Waals surface area contributed by atoms with Crippen molar-refractivity contribution in [3.8, 4) is 5.75 Å². The number of benzene rings is 1.